The lowest BCUT2D eigenvalue weighted by atomic mass is 10.3. The van der Waals surface area contributed by atoms with Crippen molar-refractivity contribution in [1.82, 2.24) is 4.98 Å². The molecule has 1 aromatic heterocycles. The molecular weight excluding hydrogens is 333 g/mol. The van der Waals surface area contributed by atoms with Gasteiger partial charge in [0.1, 0.15) is 0 Å². The number of nitro groups is 1. The van der Waals surface area contributed by atoms with E-state index in [2.05, 4.69) is 14.9 Å². The number of nitrogens with two attached hydrogens (primary N) is 1. The number of aromatic nitrogens is 1. The second kappa shape index (κ2) is 5.36. The minimum atomic E-state index is -5.44. The summed E-state index contributed by atoms with van der Waals surface area (Å²) >= 11 is 0. The van der Waals surface area contributed by atoms with Gasteiger partial charge < -0.3 is 4.74 Å². The average Bonchev–Trinajstić information content (AvgIpc) is 2.23. The zero-order valence-electron chi connectivity index (χ0n) is 9.47. The summed E-state index contributed by atoms with van der Waals surface area (Å²) in [6.07, 6.45) is -9.10. The number of hydrogen-bond acceptors (Lipinski definition) is 6. The normalized spacial score (nSPS) is 12.5. The Morgan fingerprint density at radius 3 is 2.24 bits per heavy atom. The van der Waals surface area contributed by atoms with Crippen molar-refractivity contribution < 1.29 is 40.0 Å². The summed E-state index contributed by atoms with van der Waals surface area (Å²) in [5, 5.41) is 15.2. The third kappa shape index (κ3) is 3.94. The predicted molar refractivity (Wildman–Crippen MR) is 53.9 cm³/mol. The first kappa shape index (κ1) is 17.0. The molecule has 0 fully saturated rings. The molecule has 118 valence electrons. The van der Waals surface area contributed by atoms with Crippen molar-refractivity contribution in [3.8, 4) is 5.75 Å². The molecule has 0 aliphatic carbocycles. The van der Waals surface area contributed by atoms with Crippen molar-refractivity contribution in [2.75, 3.05) is 0 Å². The maximum absolute atomic E-state index is 12.6. The summed E-state index contributed by atoms with van der Waals surface area (Å²) < 4.78 is 87.0. The molecule has 1 rings (SSSR count). The predicted octanol–water partition coefficient (Wildman–Crippen LogP) is 1.47. The van der Waals surface area contributed by atoms with Crippen molar-refractivity contribution in [2.24, 2.45) is 5.14 Å². The van der Waals surface area contributed by atoms with Crippen LogP contribution in [0.1, 0.15) is 12.1 Å². The van der Waals surface area contributed by atoms with E-state index >= 15 is 0 Å². The molecule has 0 aliphatic rings. The molecular formula is C7H4F5N3O5S. The number of primary sulfonamides is 1. The van der Waals surface area contributed by atoms with Crippen LogP contribution in [0, 0.1) is 10.1 Å². The van der Waals surface area contributed by atoms with Crippen LogP contribution in [0.3, 0.4) is 0 Å². The highest BCUT2D eigenvalue weighted by atomic mass is 32.2. The first-order chi connectivity index (χ1) is 9.34. The molecule has 0 amide bonds. The monoisotopic (exact) mass is 337 g/mol. The second-order valence-electron chi connectivity index (χ2n) is 3.34. The quantitative estimate of drug-likeness (QED) is 0.504. The standard InChI is InChI=1S/C7H4F5N3O5S/c8-6(9)3-4(15(16)17)5(21(13,18)19)2(1-14-3)20-7(10,11)12/h1,6H,(H2,13,18,19). The Bertz CT molecular complexity index is 674. The number of rotatable bonds is 4. The molecule has 0 unspecified atom stereocenters. The lowest BCUT2D eigenvalue weighted by Crippen LogP contribution is -2.23. The number of pyridine rings is 1. The fourth-order valence-corrected chi connectivity index (χ4v) is 2.11. The van der Waals surface area contributed by atoms with Gasteiger partial charge in [-0.15, -0.1) is 13.2 Å². The summed E-state index contributed by atoms with van der Waals surface area (Å²) in [6, 6.07) is 0. The van der Waals surface area contributed by atoms with Crippen LogP contribution in [0.25, 0.3) is 0 Å². The van der Waals surface area contributed by atoms with Crippen molar-refractivity contribution >= 4 is 15.7 Å². The molecule has 14 heteroatoms. The number of nitrogens with zero attached hydrogens (tertiary/aromatic N) is 2. The van der Waals surface area contributed by atoms with E-state index in [1.54, 1.807) is 0 Å². The first-order valence-electron chi connectivity index (χ1n) is 4.58. The van der Waals surface area contributed by atoms with E-state index in [-0.39, 0.29) is 6.20 Å². The lowest BCUT2D eigenvalue weighted by Gasteiger charge is -2.13. The summed E-state index contributed by atoms with van der Waals surface area (Å²) in [5.41, 5.74) is -3.53. The maximum atomic E-state index is 12.6. The highest BCUT2D eigenvalue weighted by molar-refractivity contribution is 7.89. The van der Waals surface area contributed by atoms with Crippen LogP contribution in [0.5, 0.6) is 5.75 Å². The van der Waals surface area contributed by atoms with Gasteiger partial charge in [-0.25, -0.2) is 27.3 Å². The van der Waals surface area contributed by atoms with Gasteiger partial charge in [0.2, 0.25) is 14.9 Å². The number of alkyl halides is 5. The van der Waals surface area contributed by atoms with E-state index in [1.807, 2.05) is 0 Å². The molecule has 0 saturated heterocycles. The zero-order valence-corrected chi connectivity index (χ0v) is 10.3. The SMILES string of the molecule is NS(=O)(=O)c1c(OC(F)(F)F)cnc(C(F)F)c1[N+](=O)[O-]. The minimum absolute atomic E-state index is 0.0400. The fourth-order valence-electron chi connectivity index (χ4n) is 1.29. The van der Waals surface area contributed by atoms with E-state index in [0.717, 1.165) is 0 Å². The topological polar surface area (TPSA) is 125 Å². The Balaban J connectivity index is 3.78. The summed E-state index contributed by atoms with van der Waals surface area (Å²) in [4.78, 5) is 9.93. The Morgan fingerprint density at radius 2 is 1.90 bits per heavy atom. The Labute approximate surface area is 112 Å². The molecule has 0 spiro atoms. The number of sulfonamides is 1. The van der Waals surface area contributed by atoms with Gasteiger partial charge in [-0.05, 0) is 0 Å². The Morgan fingerprint density at radius 1 is 1.38 bits per heavy atom. The zero-order chi connectivity index (χ0) is 16.6. The Hall–Kier alpha value is -2.09. The van der Waals surface area contributed by atoms with Gasteiger partial charge in [-0.3, -0.25) is 10.1 Å². The van der Waals surface area contributed by atoms with Crippen LogP contribution in [0.4, 0.5) is 27.6 Å². The smallest absolute Gasteiger partial charge is 0.402 e. The highest BCUT2D eigenvalue weighted by Gasteiger charge is 2.40. The van der Waals surface area contributed by atoms with E-state index in [0.29, 0.717) is 0 Å². The third-order valence-electron chi connectivity index (χ3n) is 1.90. The van der Waals surface area contributed by atoms with Gasteiger partial charge in [0.15, 0.2) is 11.4 Å². The fraction of sp³-hybridized carbons (Fsp3) is 0.286. The van der Waals surface area contributed by atoms with Crippen LogP contribution >= 0.6 is 0 Å². The van der Waals surface area contributed by atoms with Crippen molar-refractivity contribution in [1.29, 1.82) is 0 Å². The summed E-state index contributed by atoms with van der Waals surface area (Å²) in [6.45, 7) is 0. The molecule has 0 saturated carbocycles. The average molecular weight is 337 g/mol. The van der Waals surface area contributed by atoms with Gasteiger partial charge in [-0.2, -0.15) is 0 Å². The van der Waals surface area contributed by atoms with Gasteiger partial charge >= 0.3 is 12.0 Å². The first-order valence-corrected chi connectivity index (χ1v) is 6.13. The molecule has 0 radical (unpaired) electrons. The molecule has 2 N–H and O–H groups in total. The number of hydrogen-bond donors (Lipinski definition) is 1. The lowest BCUT2D eigenvalue weighted by molar-refractivity contribution is -0.390. The van der Waals surface area contributed by atoms with Crippen LogP contribution in [-0.2, 0) is 10.0 Å². The van der Waals surface area contributed by atoms with Crippen LogP contribution < -0.4 is 9.88 Å². The van der Waals surface area contributed by atoms with E-state index in [9.17, 15) is 40.5 Å². The van der Waals surface area contributed by atoms with Gasteiger partial charge in [0.25, 0.3) is 6.43 Å². The van der Waals surface area contributed by atoms with E-state index < -0.39 is 49.8 Å². The molecule has 0 aliphatic heterocycles. The summed E-state index contributed by atoms with van der Waals surface area (Å²) in [5.74, 6) is -1.68. The van der Waals surface area contributed by atoms with Crippen LogP contribution in [0.15, 0.2) is 11.1 Å². The van der Waals surface area contributed by atoms with Crippen LogP contribution in [-0.4, -0.2) is 24.7 Å². The molecule has 1 heterocycles. The second-order valence-corrected chi connectivity index (χ2v) is 4.83. The molecule has 8 nitrogen and oxygen atoms in total. The van der Waals surface area contributed by atoms with Crippen molar-refractivity contribution in [3.05, 3.63) is 22.0 Å². The van der Waals surface area contributed by atoms with E-state index in [4.69, 9.17) is 0 Å². The number of ether oxygens (including phenoxy) is 1. The molecule has 21 heavy (non-hydrogen) atoms. The third-order valence-corrected chi connectivity index (χ3v) is 2.87. The van der Waals surface area contributed by atoms with Gasteiger partial charge in [-0.1, -0.05) is 0 Å². The molecule has 0 atom stereocenters. The van der Waals surface area contributed by atoms with Crippen molar-refractivity contribution in [3.63, 3.8) is 0 Å². The van der Waals surface area contributed by atoms with Crippen molar-refractivity contribution in [2.45, 2.75) is 17.7 Å². The highest BCUT2D eigenvalue weighted by Crippen LogP contribution is 2.39. The maximum Gasteiger partial charge on any atom is 0.573 e. The Kier molecular flexibility index (Phi) is 4.33. The van der Waals surface area contributed by atoms with Gasteiger partial charge in [0, 0.05) is 0 Å². The van der Waals surface area contributed by atoms with Crippen LogP contribution in [0.2, 0.25) is 0 Å². The molecule has 0 bridgehead atoms. The largest absolute Gasteiger partial charge is 0.573 e. The summed E-state index contributed by atoms with van der Waals surface area (Å²) in [7, 11) is -5.18. The number of halogens is 5. The van der Waals surface area contributed by atoms with E-state index in [1.165, 1.54) is 0 Å². The molecule has 0 aromatic carbocycles. The van der Waals surface area contributed by atoms with Gasteiger partial charge in [0.05, 0.1) is 11.1 Å². The minimum Gasteiger partial charge on any atom is -0.402 e. The molecule has 1 aromatic rings.